The fourth-order valence-electron chi connectivity index (χ4n) is 1.50. The first-order valence-corrected chi connectivity index (χ1v) is 6.21. The maximum atomic E-state index is 10.8. The summed E-state index contributed by atoms with van der Waals surface area (Å²) in [5.74, 6) is 4.69. The van der Waals surface area contributed by atoms with E-state index in [4.69, 9.17) is 5.11 Å². The Morgan fingerprint density at radius 1 is 1.42 bits per heavy atom. The van der Waals surface area contributed by atoms with Crippen LogP contribution in [0.15, 0.2) is 30.3 Å². The summed E-state index contributed by atoms with van der Waals surface area (Å²) in [6.07, 6.45) is 0.456. The quantitative estimate of drug-likeness (QED) is 0.698. The van der Waals surface area contributed by atoms with Crippen LogP contribution < -0.4 is 5.32 Å². The van der Waals surface area contributed by atoms with Crippen molar-refractivity contribution >= 4 is 5.97 Å². The molecule has 102 valence electrons. The van der Waals surface area contributed by atoms with E-state index < -0.39 is 17.6 Å². The van der Waals surface area contributed by atoms with Gasteiger partial charge in [-0.3, -0.25) is 4.79 Å². The Kier molecular flexibility index (Phi) is 5.56. The minimum atomic E-state index is -1.27. The van der Waals surface area contributed by atoms with Crippen LogP contribution in [0.2, 0.25) is 0 Å². The summed E-state index contributed by atoms with van der Waals surface area (Å²) in [6.45, 7) is 3.44. The molecule has 0 aromatic heterocycles. The van der Waals surface area contributed by atoms with Gasteiger partial charge in [-0.25, -0.2) is 0 Å². The molecule has 0 heterocycles. The largest absolute Gasteiger partial charge is 0.480 e. The molecule has 1 aromatic carbocycles. The molecule has 4 heteroatoms. The first kappa shape index (κ1) is 15.2. The number of rotatable bonds is 5. The molecule has 0 saturated carbocycles. The number of carbonyl (C=O) groups is 1. The Hall–Kier alpha value is -1.83. The number of carboxylic acids is 1. The second-order valence-electron chi connectivity index (χ2n) is 4.57. The van der Waals surface area contributed by atoms with Crippen molar-refractivity contribution in [3.63, 3.8) is 0 Å². The third-order valence-corrected chi connectivity index (χ3v) is 2.65. The zero-order valence-electron chi connectivity index (χ0n) is 11.2. The van der Waals surface area contributed by atoms with E-state index in [2.05, 4.69) is 17.2 Å². The number of nitrogens with one attached hydrogen (secondary N) is 1. The van der Waals surface area contributed by atoms with Crippen molar-refractivity contribution in [1.29, 1.82) is 0 Å². The van der Waals surface area contributed by atoms with Crippen LogP contribution in [0.25, 0.3) is 0 Å². The first-order valence-electron chi connectivity index (χ1n) is 6.21. The summed E-state index contributed by atoms with van der Waals surface area (Å²) >= 11 is 0. The van der Waals surface area contributed by atoms with Crippen molar-refractivity contribution in [3.8, 4) is 11.8 Å². The summed E-state index contributed by atoms with van der Waals surface area (Å²) in [7, 11) is 0. The number of carboxylic acid groups (broad SMARTS) is 1. The van der Waals surface area contributed by atoms with E-state index in [0.29, 0.717) is 6.42 Å². The average molecular weight is 261 g/mol. The Morgan fingerprint density at radius 3 is 2.58 bits per heavy atom. The fourth-order valence-corrected chi connectivity index (χ4v) is 1.50. The van der Waals surface area contributed by atoms with Crippen molar-refractivity contribution in [2.75, 3.05) is 6.54 Å². The van der Waals surface area contributed by atoms with Gasteiger partial charge in [0.25, 0.3) is 0 Å². The van der Waals surface area contributed by atoms with E-state index in [1.807, 2.05) is 30.3 Å². The van der Waals surface area contributed by atoms with Crippen molar-refractivity contribution < 1.29 is 15.0 Å². The van der Waals surface area contributed by atoms with Crippen LogP contribution in [0.3, 0.4) is 0 Å². The van der Waals surface area contributed by atoms with Gasteiger partial charge in [0.05, 0.1) is 0 Å². The molecule has 19 heavy (non-hydrogen) atoms. The molecule has 4 nitrogen and oxygen atoms in total. The lowest BCUT2D eigenvalue weighted by Crippen LogP contribution is -2.44. The first-order chi connectivity index (χ1) is 8.94. The van der Waals surface area contributed by atoms with Crippen molar-refractivity contribution in [3.05, 3.63) is 35.9 Å². The maximum Gasteiger partial charge on any atom is 0.320 e. The van der Waals surface area contributed by atoms with Crippen LogP contribution in [-0.4, -0.2) is 34.4 Å². The Morgan fingerprint density at radius 2 is 2.05 bits per heavy atom. The van der Waals surface area contributed by atoms with Crippen molar-refractivity contribution in [2.24, 2.45) is 0 Å². The number of aliphatic carboxylic acids is 1. The zero-order valence-corrected chi connectivity index (χ0v) is 11.2. The fraction of sp³-hybridized carbons (Fsp3) is 0.400. The van der Waals surface area contributed by atoms with Crippen LogP contribution in [0.5, 0.6) is 0 Å². The molecule has 0 spiro atoms. The lowest BCUT2D eigenvalue weighted by Gasteiger charge is -2.20. The number of aliphatic hydroxyl groups is 1. The van der Waals surface area contributed by atoms with Gasteiger partial charge in [-0.2, -0.15) is 0 Å². The second-order valence-corrected chi connectivity index (χ2v) is 4.57. The van der Waals surface area contributed by atoms with Gasteiger partial charge < -0.3 is 15.5 Å². The standard InChI is InChI=1S/C15H19NO3/c1-3-13(14(17)18)16-11-15(2,19)10-9-12-7-5-4-6-8-12/h4-8,13,16,19H,3,11H2,1-2H3,(H,17,18). The summed E-state index contributed by atoms with van der Waals surface area (Å²) in [5, 5.41) is 21.8. The van der Waals surface area contributed by atoms with Gasteiger partial charge >= 0.3 is 5.97 Å². The van der Waals surface area contributed by atoms with E-state index in [1.54, 1.807) is 13.8 Å². The summed E-state index contributed by atoms with van der Waals surface area (Å²) in [4.78, 5) is 10.8. The topological polar surface area (TPSA) is 69.6 Å². The molecule has 0 aliphatic rings. The lowest BCUT2D eigenvalue weighted by molar-refractivity contribution is -0.139. The third kappa shape index (κ3) is 5.56. The van der Waals surface area contributed by atoms with Gasteiger partial charge in [-0.05, 0) is 25.5 Å². The van der Waals surface area contributed by atoms with Crippen LogP contribution in [0.4, 0.5) is 0 Å². The monoisotopic (exact) mass is 261 g/mol. The molecular formula is C15H19NO3. The molecule has 2 atom stereocenters. The molecule has 0 saturated heterocycles. The molecule has 1 rings (SSSR count). The Balaban J connectivity index is 2.62. The van der Waals surface area contributed by atoms with E-state index in [9.17, 15) is 9.90 Å². The normalized spacial score (nSPS) is 14.9. The minimum Gasteiger partial charge on any atom is -0.480 e. The van der Waals surface area contributed by atoms with Crippen LogP contribution in [0, 0.1) is 11.8 Å². The highest BCUT2D eigenvalue weighted by atomic mass is 16.4. The third-order valence-electron chi connectivity index (χ3n) is 2.65. The van der Waals surface area contributed by atoms with Gasteiger partial charge in [0.1, 0.15) is 11.6 Å². The molecule has 2 unspecified atom stereocenters. The van der Waals surface area contributed by atoms with E-state index in [0.717, 1.165) is 5.56 Å². The number of benzene rings is 1. The molecular weight excluding hydrogens is 242 g/mol. The van der Waals surface area contributed by atoms with E-state index >= 15 is 0 Å². The maximum absolute atomic E-state index is 10.8. The van der Waals surface area contributed by atoms with Gasteiger partial charge in [-0.15, -0.1) is 0 Å². The number of hydrogen-bond donors (Lipinski definition) is 3. The molecule has 1 aromatic rings. The van der Waals surface area contributed by atoms with Crippen LogP contribution in [-0.2, 0) is 4.79 Å². The van der Waals surface area contributed by atoms with Crippen molar-refractivity contribution in [1.82, 2.24) is 5.32 Å². The summed E-state index contributed by atoms with van der Waals surface area (Å²) < 4.78 is 0. The smallest absolute Gasteiger partial charge is 0.320 e. The van der Waals surface area contributed by atoms with Gasteiger partial charge in [0.2, 0.25) is 0 Å². The van der Waals surface area contributed by atoms with E-state index in [1.165, 1.54) is 0 Å². The molecule has 3 N–H and O–H groups in total. The number of hydrogen-bond acceptors (Lipinski definition) is 3. The second kappa shape index (κ2) is 6.93. The van der Waals surface area contributed by atoms with Gasteiger partial charge in [0, 0.05) is 12.1 Å². The molecule has 0 bridgehead atoms. The molecule has 0 amide bonds. The molecule has 0 aliphatic heterocycles. The van der Waals surface area contributed by atoms with E-state index in [-0.39, 0.29) is 6.54 Å². The molecule has 0 radical (unpaired) electrons. The predicted octanol–water partition coefficient (Wildman–Crippen LogP) is 1.24. The van der Waals surface area contributed by atoms with Gasteiger partial charge in [-0.1, -0.05) is 37.0 Å². The van der Waals surface area contributed by atoms with Crippen LogP contribution >= 0.6 is 0 Å². The highest BCUT2D eigenvalue weighted by Gasteiger charge is 2.21. The molecule has 0 fully saturated rings. The Labute approximate surface area is 113 Å². The van der Waals surface area contributed by atoms with Crippen molar-refractivity contribution in [2.45, 2.75) is 31.9 Å². The summed E-state index contributed by atoms with van der Waals surface area (Å²) in [5.41, 5.74) is -0.452. The zero-order chi connectivity index (χ0) is 14.3. The SMILES string of the molecule is CCC(NCC(C)(O)C#Cc1ccccc1)C(=O)O. The molecule has 0 aliphatic carbocycles. The van der Waals surface area contributed by atoms with Gasteiger partial charge in [0.15, 0.2) is 0 Å². The highest BCUT2D eigenvalue weighted by Crippen LogP contribution is 2.03. The Bertz CT molecular complexity index is 471. The van der Waals surface area contributed by atoms with Crippen LogP contribution in [0.1, 0.15) is 25.8 Å². The highest BCUT2D eigenvalue weighted by molar-refractivity contribution is 5.73. The summed E-state index contributed by atoms with van der Waals surface area (Å²) in [6, 6.07) is 8.67. The average Bonchev–Trinajstić information content (AvgIpc) is 2.38. The minimum absolute atomic E-state index is 0.109. The predicted molar refractivity (Wildman–Crippen MR) is 73.7 cm³/mol. The lowest BCUT2D eigenvalue weighted by atomic mass is 10.1.